The van der Waals surface area contributed by atoms with Gasteiger partial charge >= 0.3 is 5.97 Å². The van der Waals surface area contributed by atoms with Gasteiger partial charge in [0.25, 0.3) is 0 Å². The third-order valence-corrected chi connectivity index (χ3v) is 10.4. The van der Waals surface area contributed by atoms with E-state index in [1.165, 1.54) is 11.1 Å². The predicted molar refractivity (Wildman–Crippen MR) is 164 cm³/mol. The number of fused-ring (bicyclic) bond motifs is 5. The Labute approximate surface area is 246 Å². The smallest absolute Gasteiger partial charge is 0.338 e. The molecule has 0 spiro atoms. The highest BCUT2D eigenvalue weighted by molar-refractivity contribution is 5.89. The molecule has 4 heteroatoms. The molecule has 0 amide bonds. The summed E-state index contributed by atoms with van der Waals surface area (Å²) in [7, 11) is 0. The molecule has 3 aliphatic carbocycles. The van der Waals surface area contributed by atoms with Crippen molar-refractivity contribution in [3.05, 3.63) is 77.4 Å². The standard InChI is InChI=1S/C37H46O4/c1-4-6-8-15-29(41-35(38)27-13-9-7-10-14-27)16-11-12-25-40-30-18-20-31-28(26-30)17-19-33-32(31)21-23-36(3)34(33)22-24-37(36,39)5-2/h2,7,9-14,18,20,26,29,32-34,39H,4,6,8,15-17,19,21-25H2,1,3H3/b12-11+/t29?,32-,33-,34+,36+,37+/m1/s1. The van der Waals surface area contributed by atoms with Gasteiger partial charge in [0.05, 0.1) is 5.56 Å². The molecule has 0 radical (unpaired) electrons. The molecule has 0 aliphatic heterocycles. The number of carbonyl (C=O) groups is 1. The predicted octanol–water partition coefficient (Wildman–Crippen LogP) is 8.04. The quantitative estimate of drug-likeness (QED) is 0.132. The van der Waals surface area contributed by atoms with Crippen LogP contribution >= 0.6 is 0 Å². The molecular formula is C37H46O4. The van der Waals surface area contributed by atoms with Crippen molar-refractivity contribution in [2.75, 3.05) is 6.61 Å². The third-order valence-electron chi connectivity index (χ3n) is 10.4. The van der Waals surface area contributed by atoms with Crippen molar-refractivity contribution in [2.45, 2.75) is 102 Å². The Morgan fingerprint density at radius 1 is 1.12 bits per heavy atom. The highest BCUT2D eigenvalue weighted by atomic mass is 16.5. The molecule has 0 saturated heterocycles. The summed E-state index contributed by atoms with van der Waals surface area (Å²) in [6.45, 7) is 4.91. The van der Waals surface area contributed by atoms with Crippen LogP contribution in [0.3, 0.4) is 0 Å². The Balaban J connectivity index is 1.15. The first-order valence-electron chi connectivity index (χ1n) is 15.8. The van der Waals surface area contributed by atoms with Crippen molar-refractivity contribution in [2.24, 2.45) is 17.3 Å². The summed E-state index contributed by atoms with van der Waals surface area (Å²) in [4.78, 5) is 12.6. The van der Waals surface area contributed by atoms with Crippen LogP contribution in [0.5, 0.6) is 5.75 Å². The fourth-order valence-electron chi connectivity index (χ4n) is 8.00. The zero-order chi connectivity index (χ0) is 28.9. The molecular weight excluding hydrogens is 508 g/mol. The topological polar surface area (TPSA) is 55.8 Å². The van der Waals surface area contributed by atoms with E-state index in [0.29, 0.717) is 36.3 Å². The van der Waals surface area contributed by atoms with Gasteiger partial charge in [0, 0.05) is 11.8 Å². The monoisotopic (exact) mass is 554 g/mol. The van der Waals surface area contributed by atoms with Crippen LogP contribution in [0, 0.1) is 29.6 Å². The first-order valence-corrected chi connectivity index (χ1v) is 15.8. The summed E-state index contributed by atoms with van der Waals surface area (Å²) in [6.07, 6.45) is 20.7. The fourth-order valence-corrected chi connectivity index (χ4v) is 8.00. The molecule has 6 atom stereocenters. The average Bonchev–Trinajstić information content (AvgIpc) is 3.27. The number of hydrogen-bond donors (Lipinski definition) is 1. The third kappa shape index (κ3) is 6.12. The molecule has 2 fully saturated rings. The second-order valence-electron chi connectivity index (χ2n) is 12.7. The van der Waals surface area contributed by atoms with Gasteiger partial charge in [0.1, 0.15) is 24.1 Å². The lowest BCUT2D eigenvalue weighted by atomic mass is 9.53. The first-order chi connectivity index (χ1) is 19.9. The van der Waals surface area contributed by atoms with E-state index in [-0.39, 0.29) is 17.5 Å². The maximum atomic E-state index is 12.6. The summed E-state index contributed by atoms with van der Waals surface area (Å²) in [5.74, 6) is 5.07. The molecule has 1 N–H and O–H groups in total. The number of esters is 1. The number of benzene rings is 2. The fraction of sp³-hybridized carbons (Fsp3) is 0.541. The lowest BCUT2D eigenvalue weighted by Crippen LogP contribution is -2.50. The van der Waals surface area contributed by atoms with Crippen molar-refractivity contribution in [1.29, 1.82) is 0 Å². The summed E-state index contributed by atoms with van der Waals surface area (Å²) < 4.78 is 12.0. The minimum atomic E-state index is -0.951. The molecule has 0 heterocycles. The highest BCUT2D eigenvalue weighted by Gasteiger charge is 2.61. The molecule has 2 aromatic carbocycles. The molecule has 0 bridgehead atoms. The second kappa shape index (κ2) is 12.9. The van der Waals surface area contributed by atoms with Gasteiger partial charge in [0.15, 0.2) is 0 Å². The maximum Gasteiger partial charge on any atom is 0.338 e. The van der Waals surface area contributed by atoms with E-state index in [1.54, 1.807) is 12.1 Å². The van der Waals surface area contributed by atoms with Crippen molar-refractivity contribution in [3.63, 3.8) is 0 Å². The van der Waals surface area contributed by atoms with E-state index in [4.69, 9.17) is 15.9 Å². The molecule has 3 aliphatic rings. The maximum absolute atomic E-state index is 12.6. The lowest BCUT2D eigenvalue weighted by molar-refractivity contribution is -0.0646. The summed E-state index contributed by atoms with van der Waals surface area (Å²) in [6, 6.07) is 15.8. The van der Waals surface area contributed by atoms with Gasteiger partial charge in [0.2, 0.25) is 0 Å². The van der Waals surface area contributed by atoms with Crippen LogP contribution in [-0.2, 0) is 11.2 Å². The number of aryl methyl sites for hydroxylation is 1. The van der Waals surface area contributed by atoms with Crippen LogP contribution in [0.4, 0.5) is 0 Å². The van der Waals surface area contributed by atoms with E-state index in [9.17, 15) is 9.90 Å². The molecule has 41 heavy (non-hydrogen) atoms. The van der Waals surface area contributed by atoms with Crippen molar-refractivity contribution < 1.29 is 19.4 Å². The SMILES string of the molecule is C#C[C@]1(O)CC[C@H]2[C@@H]3CCc4cc(OC/C=C/CC(CCCCC)OC(=O)c5ccccc5)ccc4[C@H]3CC[C@@]21C. The van der Waals surface area contributed by atoms with Gasteiger partial charge in [-0.3, -0.25) is 0 Å². The minimum absolute atomic E-state index is 0.129. The van der Waals surface area contributed by atoms with E-state index in [0.717, 1.165) is 70.0 Å². The molecule has 2 saturated carbocycles. The molecule has 2 aromatic rings. The summed E-state index contributed by atoms with van der Waals surface area (Å²) in [5, 5.41) is 11.2. The Bertz CT molecular complexity index is 1260. The van der Waals surface area contributed by atoms with Gasteiger partial charge in [-0.2, -0.15) is 0 Å². The molecule has 0 aromatic heterocycles. The second-order valence-corrected chi connectivity index (χ2v) is 12.7. The Morgan fingerprint density at radius 3 is 2.73 bits per heavy atom. The lowest BCUT2D eigenvalue weighted by Gasteiger charge is -2.52. The Kier molecular flexibility index (Phi) is 9.25. The molecule has 4 nitrogen and oxygen atoms in total. The number of ether oxygens (including phenoxy) is 2. The highest BCUT2D eigenvalue weighted by Crippen LogP contribution is 2.64. The number of aliphatic hydroxyl groups is 1. The zero-order valence-electron chi connectivity index (χ0n) is 24.8. The van der Waals surface area contributed by atoms with Gasteiger partial charge in [-0.25, -0.2) is 4.79 Å². The van der Waals surface area contributed by atoms with Crippen LogP contribution in [0.15, 0.2) is 60.7 Å². The van der Waals surface area contributed by atoms with E-state index in [1.807, 2.05) is 24.3 Å². The summed E-state index contributed by atoms with van der Waals surface area (Å²) >= 11 is 0. The van der Waals surface area contributed by atoms with E-state index in [2.05, 4.69) is 44.0 Å². The van der Waals surface area contributed by atoms with Crippen LogP contribution in [0.1, 0.15) is 105 Å². The van der Waals surface area contributed by atoms with Gasteiger partial charge in [-0.05, 0) is 105 Å². The Hall–Kier alpha value is -3.03. The Morgan fingerprint density at radius 2 is 1.95 bits per heavy atom. The first kappa shape index (κ1) is 29.5. The number of hydrogen-bond acceptors (Lipinski definition) is 4. The minimum Gasteiger partial charge on any atom is -0.490 e. The van der Waals surface area contributed by atoms with Crippen molar-refractivity contribution in [3.8, 4) is 18.1 Å². The largest absolute Gasteiger partial charge is 0.490 e. The molecule has 5 rings (SSSR count). The van der Waals surface area contributed by atoms with E-state index < -0.39 is 5.60 Å². The number of unbranched alkanes of at least 4 members (excludes halogenated alkanes) is 2. The van der Waals surface area contributed by atoms with Gasteiger partial charge in [-0.15, -0.1) is 6.42 Å². The number of terminal acetylenes is 1. The van der Waals surface area contributed by atoms with E-state index >= 15 is 0 Å². The van der Waals surface area contributed by atoms with Crippen LogP contribution in [0.25, 0.3) is 0 Å². The average molecular weight is 555 g/mol. The van der Waals surface area contributed by atoms with Crippen LogP contribution in [0.2, 0.25) is 0 Å². The molecule has 1 unspecified atom stereocenters. The van der Waals surface area contributed by atoms with Crippen molar-refractivity contribution >= 4 is 5.97 Å². The van der Waals surface area contributed by atoms with Gasteiger partial charge in [-0.1, -0.05) is 69.0 Å². The van der Waals surface area contributed by atoms with Gasteiger partial charge < -0.3 is 14.6 Å². The zero-order valence-corrected chi connectivity index (χ0v) is 24.8. The van der Waals surface area contributed by atoms with Crippen molar-refractivity contribution in [1.82, 2.24) is 0 Å². The summed E-state index contributed by atoms with van der Waals surface area (Å²) in [5.41, 5.74) is 2.36. The van der Waals surface area contributed by atoms with Crippen LogP contribution < -0.4 is 4.74 Å². The number of carbonyl (C=O) groups excluding carboxylic acids is 1. The normalized spacial score (nSPS) is 29.2. The molecule has 218 valence electrons. The van der Waals surface area contributed by atoms with Crippen LogP contribution in [-0.4, -0.2) is 29.4 Å². The number of rotatable bonds is 11.